The molecule has 0 unspecified atom stereocenters. The van der Waals surface area contributed by atoms with Crippen LogP contribution >= 0.6 is 11.3 Å². The van der Waals surface area contributed by atoms with Gasteiger partial charge in [0.1, 0.15) is 0 Å². The van der Waals surface area contributed by atoms with Crippen molar-refractivity contribution in [2.45, 2.75) is 13.3 Å². The number of rotatable bonds is 2. The van der Waals surface area contributed by atoms with Crippen molar-refractivity contribution in [3.63, 3.8) is 0 Å². The van der Waals surface area contributed by atoms with E-state index in [4.69, 9.17) is 5.11 Å². The molecule has 2 aromatic rings. The van der Waals surface area contributed by atoms with Gasteiger partial charge in [0.2, 0.25) is 0 Å². The number of thiazole rings is 1. The first-order valence-electron chi connectivity index (χ1n) is 5.71. The van der Waals surface area contributed by atoms with Gasteiger partial charge in [0.25, 0.3) is 0 Å². The molecule has 2 heterocycles. The molecule has 0 radical (unpaired) electrons. The number of aryl methyl sites for hydroxylation is 1. The van der Waals surface area contributed by atoms with Crippen LogP contribution in [0, 0.1) is 6.92 Å². The summed E-state index contributed by atoms with van der Waals surface area (Å²) in [5, 5.41) is 12.0. The van der Waals surface area contributed by atoms with Gasteiger partial charge in [0.05, 0.1) is 11.3 Å². The number of hydrogen-bond acceptors (Lipinski definition) is 4. The summed E-state index contributed by atoms with van der Waals surface area (Å²) in [5.41, 5.74) is 3.54. The van der Waals surface area contributed by atoms with Crippen LogP contribution < -0.4 is 4.90 Å². The molecule has 0 fully saturated rings. The molecule has 1 aliphatic heterocycles. The van der Waals surface area contributed by atoms with Crippen molar-refractivity contribution >= 4 is 28.1 Å². The van der Waals surface area contributed by atoms with Crippen molar-refractivity contribution < 1.29 is 9.90 Å². The van der Waals surface area contributed by atoms with Gasteiger partial charge in [-0.2, -0.15) is 0 Å². The molecule has 0 saturated carbocycles. The Morgan fingerprint density at radius 3 is 3.00 bits per heavy atom. The number of aromatic nitrogens is 1. The highest BCUT2D eigenvalue weighted by atomic mass is 32.1. The van der Waals surface area contributed by atoms with Crippen LogP contribution in [0.25, 0.3) is 0 Å². The van der Waals surface area contributed by atoms with E-state index in [1.54, 1.807) is 23.5 Å². The fraction of sp³-hybridized carbons (Fsp3) is 0.231. The lowest BCUT2D eigenvalue weighted by molar-refractivity contribution is 0.0697. The van der Waals surface area contributed by atoms with E-state index < -0.39 is 5.97 Å². The smallest absolute Gasteiger partial charge is 0.335 e. The van der Waals surface area contributed by atoms with Gasteiger partial charge in [0, 0.05) is 17.6 Å². The summed E-state index contributed by atoms with van der Waals surface area (Å²) < 4.78 is 0. The molecule has 0 bridgehead atoms. The SMILES string of the molecule is Cc1csc(N2CCc3cc(C(=O)O)ccc32)n1. The molecule has 92 valence electrons. The molecule has 0 spiro atoms. The molecular weight excluding hydrogens is 248 g/mol. The minimum absolute atomic E-state index is 0.353. The standard InChI is InChI=1S/C13H12N2O2S/c1-8-7-18-13(14-8)15-5-4-9-6-10(12(16)17)2-3-11(9)15/h2-3,6-7H,4-5H2,1H3,(H,16,17). The van der Waals surface area contributed by atoms with E-state index in [2.05, 4.69) is 9.88 Å². The number of carboxylic acid groups (broad SMARTS) is 1. The minimum Gasteiger partial charge on any atom is -0.478 e. The molecule has 5 heteroatoms. The second-order valence-electron chi connectivity index (χ2n) is 4.32. The van der Waals surface area contributed by atoms with Crippen molar-refractivity contribution in [2.24, 2.45) is 0 Å². The minimum atomic E-state index is -0.874. The lowest BCUT2D eigenvalue weighted by atomic mass is 10.1. The van der Waals surface area contributed by atoms with Crippen LogP contribution in [0.5, 0.6) is 0 Å². The maximum absolute atomic E-state index is 10.9. The molecule has 0 atom stereocenters. The number of nitrogens with zero attached hydrogens (tertiary/aromatic N) is 2. The summed E-state index contributed by atoms with van der Waals surface area (Å²) in [5.74, 6) is -0.874. The number of fused-ring (bicyclic) bond motifs is 1. The van der Waals surface area contributed by atoms with E-state index in [9.17, 15) is 4.79 Å². The number of hydrogen-bond donors (Lipinski definition) is 1. The molecular formula is C13H12N2O2S. The average molecular weight is 260 g/mol. The molecule has 1 aromatic carbocycles. The van der Waals surface area contributed by atoms with Crippen molar-refractivity contribution in [1.29, 1.82) is 0 Å². The summed E-state index contributed by atoms with van der Waals surface area (Å²) in [6.45, 7) is 2.84. The topological polar surface area (TPSA) is 53.4 Å². The van der Waals surface area contributed by atoms with Crippen LogP contribution in [0.3, 0.4) is 0 Å². The summed E-state index contributed by atoms with van der Waals surface area (Å²) in [7, 11) is 0. The Hall–Kier alpha value is -1.88. The Morgan fingerprint density at radius 1 is 1.50 bits per heavy atom. The fourth-order valence-electron chi connectivity index (χ4n) is 2.20. The van der Waals surface area contributed by atoms with E-state index in [0.29, 0.717) is 5.56 Å². The highest BCUT2D eigenvalue weighted by Gasteiger charge is 2.23. The fourth-order valence-corrected chi connectivity index (χ4v) is 3.04. The second-order valence-corrected chi connectivity index (χ2v) is 5.16. The quantitative estimate of drug-likeness (QED) is 0.902. The van der Waals surface area contributed by atoms with Crippen molar-refractivity contribution in [3.05, 3.63) is 40.4 Å². The molecule has 18 heavy (non-hydrogen) atoms. The summed E-state index contributed by atoms with van der Waals surface area (Å²) in [6, 6.07) is 5.29. The lowest BCUT2D eigenvalue weighted by Gasteiger charge is -2.15. The van der Waals surface area contributed by atoms with Crippen molar-refractivity contribution in [3.8, 4) is 0 Å². The van der Waals surface area contributed by atoms with E-state index in [1.807, 2.05) is 18.4 Å². The predicted molar refractivity (Wildman–Crippen MR) is 71.0 cm³/mol. The highest BCUT2D eigenvalue weighted by Crippen LogP contribution is 2.36. The third kappa shape index (κ3) is 1.76. The van der Waals surface area contributed by atoms with Gasteiger partial charge >= 0.3 is 5.97 Å². The number of carboxylic acids is 1. The summed E-state index contributed by atoms with van der Waals surface area (Å²) in [4.78, 5) is 17.6. The molecule has 0 amide bonds. The first-order valence-corrected chi connectivity index (χ1v) is 6.59. The first-order chi connectivity index (χ1) is 8.65. The number of aromatic carboxylic acids is 1. The summed E-state index contributed by atoms with van der Waals surface area (Å²) >= 11 is 1.62. The highest BCUT2D eigenvalue weighted by molar-refractivity contribution is 7.13. The van der Waals surface area contributed by atoms with Crippen LogP contribution in [-0.4, -0.2) is 22.6 Å². The van der Waals surface area contributed by atoms with Crippen LogP contribution in [0.4, 0.5) is 10.8 Å². The zero-order valence-electron chi connectivity index (χ0n) is 9.88. The normalized spacial score (nSPS) is 13.7. The van der Waals surface area contributed by atoms with E-state index >= 15 is 0 Å². The number of benzene rings is 1. The Morgan fingerprint density at radius 2 is 2.33 bits per heavy atom. The second kappa shape index (κ2) is 4.10. The Kier molecular flexibility index (Phi) is 2.56. The van der Waals surface area contributed by atoms with Gasteiger partial charge in [-0.1, -0.05) is 0 Å². The summed E-state index contributed by atoms with van der Waals surface area (Å²) in [6.07, 6.45) is 0.870. The molecule has 0 aliphatic carbocycles. The zero-order valence-corrected chi connectivity index (χ0v) is 10.7. The van der Waals surface area contributed by atoms with Crippen molar-refractivity contribution in [1.82, 2.24) is 4.98 Å². The average Bonchev–Trinajstić information content (AvgIpc) is 2.93. The molecule has 1 aromatic heterocycles. The lowest BCUT2D eigenvalue weighted by Crippen LogP contribution is -2.12. The number of anilines is 2. The van der Waals surface area contributed by atoms with Gasteiger partial charge < -0.3 is 10.0 Å². The molecule has 1 N–H and O–H groups in total. The van der Waals surface area contributed by atoms with Crippen LogP contribution in [0.15, 0.2) is 23.6 Å². The maximum atomic E-state index is 10.9. The van der Waals surface area contributed by atoms with Gasteiger partial charge in [-0.05, 0) is 37.1 Å². The van der Waals surface area contributed by atoms with E-state index in [0.717, 1.165) is 35.0 Å². The van der Waals surface area contributed by atoms with Gasteiger partial charge in [-0.25, -0.2) is 9.78 Å². The molecule has 3 rings (SSSR count). The van der Waals surface area contributed by atoms with Crippen LogP contribution in [0.2, 0.25) is 0 Å². The maximum Gasteiger partial charge on any atom is 0.335 e. The van der Waals surface area contributed by atoms with Crippen LogP contribution in [-0.2, 0) is 6.42 Å². The molecule has 1 aliphatic rings. The third-order valence-corrected chi connectivity index (χ3v) is 4.04. The third-order valence-electron chi connectivity index (χ3n) is 3.06. The molecule has 0 saturated heterocycles. The van der Waals surface area contributed by atoms with Crippen molar-refractivity contribution in [2.75, 3.05) is 11.4 Å². The van der Waals surface area contributed by atoms with E-state index in [1.165, 1.54) is 0 Å². The zero-order chi connectivity index (χ0) is 12.7. The Bertz CT molecular complexity index is 621. The largest absolute Gasteiger partial charge is 0.478 e. The Balaban J connectivity index is 2.00. The monoisotopic (exact) mass is 260 g/mol. The van der Waals surface area contributed by atoms with Gasteiger partial charge in [-0.15, -0.1) is 11.3 Å². The first kappa shape index (κ1) is 11.2. The molecule has 4 nitrogen and oxygen atoms in total. The number of carbonyl (C=O) groups is 1. The van der Waals surface area contributed by atoms with E-state index in [-0.39, 0.29) is 0 Å². The van der Waals surface area contributed by atoms with Gasteiger partial charge in [0.15, 0.2) is 5.13 Å². The van der Waals surface area contributed by atoms with Gasteiger partial charge in [-0.3, -0.25) is 0 Å². The predicted octanol–water partition coefficient (Wildman–Crippen LogP) is 2.84. The Labute approximate surface area is 109 Å². The van der Waals surface area contributed by atoms with Crippen LogP contribution in [0.1, 0.15) is 21.6 Å².